The average molecular weight is 879 g/mol. The van der Waals surface area contributed by atoms with E-state index in [1.165, 1.54) is 35.6 Å². The van der Waals surface area contributed by atoms with Crippen LogP contribution in [0.4, 0.5) is 18.9 Å². The summed E-state index contributed by atoms with van der Waals surface area (Å²) >= 11 is 1.29. The summed E-state index contributed by atoms with van der Waals surface area (Å²) < 4.78 is 44.6. The van der Waals surface area contributed by atoms with Gasteiger partial charge >= 0.3 is 6.36 Å². The molecule has 322 valence electrons. The standard InChI is InChI=1S/C50H41F3N6O4S/c51-50(52,53)63-44-13-7-5-11-41(44)47(62)54-28-35-27-43-40-10-4-6-12-42(40)55-48(59(43)56-35)64-29-45(61)57-24-22-49(23-25-57)30-58(31-49)36-17-14-33(15-18-36)46-38(32-8-2-1-3-9-32)20-16-34-26-37(60)19-21-39(34)46/h1-21,26-27,60H,22-25,28-31H2,(H,54,62). The molecule has 2 aromatic heterocycles. The molecule has 0 atom stereocenters. The molecule has 0 saturated carbocycles. The minimum Gasteiger partial charge on any atom is -0.508 e. The first-order valence-corrected chi connectivity index (χ1v) is 22.0. The smallest absolute Gasteiger partial charge is 0.508 e. The number of aromatic hydroxyl groups is 1. The molecule has 0 aliphatic carbocycles. The van der Waals surface area contributed by atoms with Crippen LogP contribution in [0.3, 0.4) is 0 Å². The summed E-state index contributed by atoms with van der Waals surface area (Å²) in [5, 5.41) is 20.9. The Kier molecular flexibility index (Phi) is 10.6. The lowest BCUT2D eigenvalue weighted by molar-refractivity contribution is -0.274. The third kappa shape index (κ3) is 8.16. The van der Waals surface area contributed by atoms with Crippen LogP contribution in [0.25, 0.3) is 49.4 Å². The molecule has 0 unspecified atom stereocenters. The molecular weight excluding hydrogens is 838 g/mol. The van der Waals surface area contributed by atoms with Gasteiger partial charge in [-0.3, -0.25) is 9.59 Å². The number of nitrogens with zero attached hydrogens (tertiary/aromatic N) is 5. The highest BCUT2D eigenvalue weighted by molar-refractivity contribution is 7.99. The van der Waals surface area contributed by atoms with E-state index in [2.05, 4.69) is 63.5 Å². The number of carbonyl (C=O) groups excluding carboxylic acids is 2. The molecule has 0 radical (unpaired) electrons. The van der Waals surface area contributed by atoms with Crippen LogP contribution in [-0.2, 0) is 11.3 Å². The Morgan fingerprint density at radius 2 is 1.53 bits per heavy atom. The first-order chi connectivity index (χ1) is 31.0. The van der Waals surface area contributed by atoms with Crippen molar-refractivity contribution in [3.8, 4) is 33.8 Å². The van der Waals surface area contributed by atoms with Crippen molar-refractivity contribution in [1.82, 2.24) is 24.8 Å². The number of likely N-dealkylation sites (tertiary alicyclic amines) is 1. The summed E-state index contributed by atoms with van der Waals surface area (Å²) in [6.07, 6.45) is -3.11. The van der Waals surface area contributed by atoms with Gasteiger partial charge in [-0.05, 0) is 94.4 Å². The molecule has 2 saturated heterocycles. The molecule has 64 heavy (non-hydrogen) atoms. The van der Waals surface area contributed by atoms with E-state index in [-0.39, 0.29) is 34.9 Å². The lowest BCUT2D eigenvalue weighted by Crippen LogP contribution is -2.61. The van der Waals surface area contributed by atoms with Crippen LogP contribution in [0, 0.1) is 5.41 Å². The van der Waals surface area contributed by atoms with Crippen LogP contribution in [0.15, 0.2) is 145 Å². The number of hydrogen-bond donors (Lipinski definition) is 2. The third-order valence-electron chi connectivity index (χ3n) is 12.3. The summed E-state index contributed by atoms with van der Waals surface area (Å²) in [5.41, 5.74) is 7.48. The number of benzene rings is 6. The number of nitrogens with one attached hydrogen (secondary N) is 1. The monoisotopic (exact) mass is 878 g/mol. The molecule has 2 N–H and O–H groups in total. The van der Waals surface area contributed by atoms with Gasteiger partial charge < -0.3 is 25.0 Å². The molecule has 2 aliphatic heterocycles. The molecule has 10 rings (SSSR count). The normalized spacial score (nSPS) is 14.9. The van der Waals surface area contributed by atoms with Gasteiger partial charge in [-0.25, -0.2) is 9.50 Å². The topological polar surface area (TPSA) is 112 Å². The van der Waals surface area contributed by atoms with Gasteiger partial charge in [0.25, 0.3) is 5.91 Å². The van der Waals surface area contributed by atoms with Crippen molar-refractivity contribution in [3.63, 3.8) is 0 Å². The fourth-order valence-electron chi connectivity index (χ4n) is 9.06. The van der Waals surface area contributed by atoms with Gasteiger partial charge in [-0.1, -0.05) is 103 Å². The highest BCUT2D eigenvalue weighted by Crippen LogP contribution is 2.44. The van der Waals surface area contributed by atoms with Crippen LogP contribution in [-0.4, -0.2) is 74.7 Å². The minimum atomic E-state index is -4.95. The van der Waals surface area contributed by atoms with E-state index in [0.717, 1.165) is 81.4 Å². The van der Waals surface area contributed by atoms with E-state index in [4.69, 9.17) is 10.1 Å². The lowest BCUT2D eigenvalue weighted by Gasteiger charge is -2.55. The Bertz CT molecular complexity index is 3050. The van der Waals surface area contributed by atoms with Crippen LogP contribution >= 0.6 is 11.8 Å². The molecule has 2 aliphatic rings. The summed E-state index contributed by atoms with van der Waals surface area (Å²) in [7, 11) is 0. The molecule has 10 nitrogen and oxygen atoms in total. The maximum Gasteiger partial charge on any atom is 0.573 e. The summed E-state index contributed by atoms with van der Waals surface area (Å²) in [5.74, 6) is -0.914. The SMILES string of the molecule is O=C(NCc1cc2c3ccccc3nc(SCC(=O)N3CCC4(CC3)CN(c3ccc(-c5c(-c6ccccc6)ccc6cc(O)ccc56)cc3)C4)n2n1)c1ccccc1OC(F)(F)F. The average Bonchev–Trinajstić information content (AvgIpc) is 3.74. The van der Waals surface area contributed by atoms with Gasteiger partial charge in [0.05, 0.1) is 34.6 Å². The number of anilines is 1. The Morgan fingerprint density at radius 1 is 0.797 bits per heavy atom. The zero-order valence-corrected chi connectivity index (χ0v) is 35.2. The molecule has 4 heterocycles. The Labute approximate surface area is 370 Å². The number of phenolic OH excluding ortho intramolecular Hbond substituents is 1. The van der Waals surface area contributed by atoms with Gasteiger partial charge in [0.1, 0.15) is 11.5 Å². The molecule has 2 fully saturated rings. The number of thioether (sulfide) groups is 1. The second-order valence-corrected chi connectivity index (χ2v) is 17.3. The molecule has 8 aromatic rings. The third-order valence-corrected chi connectivity index (χ3v) is 13.2. The van der Waals surface area contributed by atoms with Gasteiger partial charge in [-0.2, -0.15) is 5.10 Å². The number of para-hydroxylation sites is 2. The summed E-state index contributed by atoms with van der Waals surface area (Å²) in [6.45, 7) is 3.15. The fourth-order valence-corrected chi connectivity index (χ4v) is 9.91. The number of aromatic nitrogens is 3. The molecule has 0 bridgehead atoms. The number of ether oxygens (including phenoxy) is 1. The number of hydrogen-bond acceptors (Lipinski definition) is 8. The predicted octanol–water partition coefficient (Wildman–Crippen LogP) is 10.1. The zero-order chi connectivity index (χ0) is 44.0. The summed E-state index contributed by atoms with van der Waals surface area (Å²) in [4.78, 5) is 35.8. The molecule has 14 heteroatoms. The van der Waals surface area contributed by atoms with E-state index in [9.17, 15) is 27.9 Å². The molecule has 1 spiro atoms. The van der Waals surface area contributed by atoms with Gasteiger partial charge in [0.15, 0.2) is 5.16 Å². The number of halogens is 3. The molecule has 6 aromatic carbocycles. The van der Waals surface area contributed by atoms with Crippen LogP contribution in [0.5, 0.6) is 11.5 Å². The van der Waals surface area contributed by atoms with Crippen molar-refractivity contribution in [2.24, 2.45) is 5.41 Å². The maximum absolute atomic E-state index is 13.7. The second-order valence-electron chi connectivity index (χ2n) is 16.4. The van der Waals surface area contributed by atoms with Crippen LogP contribution in [0.1, 0.15) is 28.9 Å². The van der Waals surface area contributed by atoms with Gasteiger partial charge in [0.2, 0.25) is 5.91 Å². The van der Waals surface area contributed by atoms with Crippen molar-refractivity contribution >= 4 is 56.5 Å². The van der Waals surface area contributed by atoms with E-state index >= 15 is 0 Å². The van der Waals surface area contributed by atoms with Crippen molar-refractivity contribution in [3.05, 3.63) is 151 Å². The van der Waals surface area contributed by atoms with Crippen molar-refractivity contribution < 1.29 is 32.6 Å². The van der Waals surface area contributed by atoms with Crippen molar-refractivity contribution in [1.29, 1.82) is 0 Å². The quantitative estimate of drug-likeness (QED) is 0.103. The van der Waals surface area contributed by atoms with E-state index < -0.39 is 18.0 Å². The molecular formula is C50H41F3N6O4S. The highest BCUT2D eigenvalue weighted by atomic mass is 32.2. The largest absolute Gasteiger partial charge is 0.573 e. The van der Waals surface area contributed by atoms with E-state index in [1.54, 1.807) is 22.7 Å². The van der Waals surface area contributed by atoms with Crippen LogP contribution < -0.4 is 15.0 Å². The number of piperidine rings is 1. The van der Waals surface area contributed by atoms with E-state index in [1.807, 2.05) is 53.4 Å². The van der Waals surface area contributed by atoms with E-state index in [0.29, 0.717) is 23.9 Å². The number of fused-ring (bicyclic) bond motifs is 4. The number of rotatable bonds is 10. The highest BCUT2D eigenvalue weighted by Gasteiger charge is 2.45. The second kappa shape index (κ2) is 16.6. The molecule has 2 amide bonds. The number of amides is 2. The number of alkyl halides is 3. The first kappa shape index (κ1) is 41.0. The zero-order valence-electron chi connectivity index (χ0n) is 34.4. The van der Waals surface area contributed by atoms with Crippen molar-refractivity contribution in [2.75, 3.05) is 36.8 Å². The lowest BCUT2D eigenvalue weighted by atomic mass is 9.71. The maximum atomic E-state index is 13.7. The van der Waals surface area contributed by atoms with Crippen molar-refractivity contribution in [2.45, 2.75) is 30.9 Å². The Balaban J connectivity index is 0.775. The summed E-state index contributed by atoms with van der Waals surface area (Å²) in [6, 6.07) is 43.4. The van der Waals surface area contributed by atoms with Gasteiger partial charge in [0, 0.05) is 42.7 Å². The fraction of sp³-hybridized carbons (Fsp3) is 0.200. The van der Waals surface area contributed by atoms with Crippen LogP contribution in [0.2, 0.25) is 0 Å². The van der Waals surface area contributed by atoms with Gasteiger partial charge in [-0.15, -0.1) is 13.2 Å². The predicted molar refractivity (Wildman–Crippen MR) is 242 cm³/mol. The number of phenols is 1. The Hall–Kier alpha value is -7.06. The minimum absolute atomic E-state index is 0.0210. The first-order valence-electron chi connectivity index (χ1n) is 21.0. The number of carbonyl (C=O) groups is 2. The Morgan fingerprint density at radius 3 is 2.31 bits per heavy atom.